The third-order valence-corrected chi connectivity index (χ3v) is 3.08. The van der Waals surface area contributed by atoms with Gasteiger partial charge in [0.1, 0.15) is 11.5 Å². The van der Waals surface area contributed by atoms with Crippen LogP contribution in [0.25, 0.3) is 0 Å². The van der Waals surface area contributed by atoms with Crippen molar-refractivity contribution in [3.63, 3.8) is 0 Å². The van der Waals surface area contributed by atoms with Crippen LogP contribution < -0.4 is 10.1 Å². The van der Waals surface area contributed by atoms with Crippen LogP contribution in [-0.4, -0.2) is 6.10 Å². The number of hydrogen-bond acceptors (Lipinski definition) is 3. The molecule has 0 atom stereocenters. The lowest BCUT2D eigenvalue weighted by molar-refractivity contribution is 0.242. The normalized spacial score (nSPS) is 10.8. The second-order valence-electron chi connectivity index (χ2n) is 4.70. The molecular formula is C15H18BrNO2. The van der Waals surface area contributed by atoms with Crippen molar-refractivity contribution in [2.75, 3.05) is 5.32 Å². The van der Waals surface area contributed by atoms with E-state index in [-0.39, 0.29) is 6.10 Å². The highest BCUT2D eigenvalue weighted by molar-refractivity contribution is 9.10. The number of rotatable bonds is 5. The van der Waals surface area contributed by atoms with Crippen LogP contribution in [0.15, 0.2) is 39.4 Å². The summed E-state index contributed by atoms with van der Waals surface area (Å²) in [5.41, 5.74) is 2.24. The molecule has 1 heterocycles. The van der Waals surface area contributed by atoms with Gasteiger partial charge in [0, 0.05) is 5.69 Å². The van der Waals surface area contributed by atoms with Gasteiger partial charge in [-0.3, -0.25) is 0 Å². The zero-order chi connectivity index (χ0) is 13.8. The summed E-state index contributed by atoms with van der Waals surface area (Å²) in [6, 6.07) is 9.89. The first kappa shape index (κ1) is 14.0. The van der Waals surface area contributed by atoms with Gasteiger partial charge in [-0.05, 0) is 72.6 Å². The molecule has 1 aromatic heterocycles. The van der Waals surface area contributed by atoms with Crippen molar-refractivity contribution in [3.8, 4) is 5.75 Å². The average Bonchev–Trinajstić information content (AvgIpc) is 2.73. The molecule has 19 heavy (non-hydrogen) atoms. The highest BCUT2D eigenvalue weighted by Crippen LogP contribution is 2.23. The largest absolute Gasteiger partial charge is 0.491 e. The van der Waals surface area contributed by atoms with Crippen molar-refractivity contribution in [2.24, 2.45) is 0 Å². The average molecular weight is 324 g/mol. The summed E-state index contributed by atoms with van der Waals surface area (Å²) in [7, 11) is 0. The van der Waals surface area contributed by atoms with Gasteiger partial charge in [0.05, 0.1) is 12.6 Å². The van der Waals surface area contributed by atoms with Crippen molar-refractivity contribution >= 4 is 21.6 Å². The molecule has 0 fully saturated rings. The fraction of sp³-hybridized carbons (Fsp3) is 0.333. The zero-order valence-electron chi connectivity index (χ0n) is 11.4. The lowest BCUT2D eigenvalue weighted by Gasteiger charge is -2.13. The van der Waals surface area contributed by atoms with Crippen LogP contribution in [0.4, 0.5) is 5.69 Å². The summed E-state index contributed by atoms with van der Waals surface area (Å²) in [4.78, 5) is 0. The van der Waals surface area contributed by atoms with Gasteiger partial charge in [0.2, 0.25) is 0 Å². The number of aryl methyl sites for hydroxylation is 1. The van der Waals surface area contributed by atoms with Crippen LogP contribution in [0.2, 0.25) is 0 Å². The maximum absolute atomic E-state index is 5.66. The molecule has 3 nitrogen and oxygen atoms in total. The van der Waals surface area contributed by atoms with E-state index in [1.165, 1.54) is 0 Å². The Labute approximate surface area is 122 Å². The Morgan fingerprint density at radius 1 is 1.26 bits per heavy atom. The molecule has 0 saturated heterocycles. The monoisotopic (exact) mass is 323 g/mol. The van der Waals surface area contributed by atoms with Crippen LogP contribution in [0, 0.1) is 6.92 Å². The molecule has 0 aliphatic rings. The minimum Gasteiger partial charge on any atom is -0.491 e. The SMILES string of the molecule is Cc1cc(OC(C)C)ccc1NCc1ccc(Br)o1. The van der Waals surface area contributed by atoms with Crippen molar-refractivity contribution < 1.29 is 9.15 Å². The number of nitrogens with one attached hydrogen (secondary N) is 1. The van der Waals surface area contributed by atoms with E-state index in [1.54, 1.807) is 0 Å². The second kappa shape index (κ2) is 6.15. The lowest BCUT2D eigenvalue weighted by atomic mass is 10.2. The minimum atomic E-state index is 0.193. The van der Waals surface area contributed by atoms with Crippen LogP contribution >= 0.6 is 15.9 Å². The molecule has 2 rings (SSSR count). The molecular weight excluding hydrogens is 306 g/mol. The number of ether oxygens (including phenoxy) is 1. The number of hydrogen-bond donors (Lipinski definition) is 1. The maximum atomic E-state index is 5.66. The van der Waals surface area contributed by atoms with E-state index in [9.17, 15) is 0 Å². The molecule has 0 amide bonds. The number of anilines is 1. The second-order valence-corrected chi connectivity index (χ2v) is 5.48. The quantitative estimate of drug-likeness (QED) is 0.862. The van der Waals surface area contributed by atoms with Gasteiger partial charge in [-0.2, -0.15) is 0 Å². The lowest BCUT2D eigenvalue weighted by Crippen LogP contribution is -2.06. The number of halogens is 1. The highest BCUT2D eigenvalue weighted by atomic mass is 79.9. The first-order valence-electron chi connectivity index (χ1n) is 6.30. The summed E-state index contributed by atoms with van der Waals surface area (Å²) >= 11 is 3.29. The minimum absolute atomic E-state index is 0.193. The summed E-state index contributed by atoms with van der Waals surface area (Å²) in [5, 5.41) is 3.35. The van der Waals surface area contributed by atoms with E-state index in [2.05, 4.69) is 28.2 Å². The molecule has 102 valence electrons. The first-order valence-corrected chi connectivity index (χ1v) is 7.09. The molecule has 0 aliphatic carbocycles. The van der Waals surface area contributed by atoms with Gasteiger partial charge in [0.25, 0.3) is 0 Å². The Hall–Kier alpha value is -1.42. The van der Waals surface area contributed by atoms with Crippen LogP contribution in [-0.2, 0) is 6.54 Å². The van der Waals surface area contributed by atoms with E-state index in [4.69, 9.17) is 9.15 Å². The molecule has 0 radical (unpaired) electrons. The van der Waals surface area contributed by atoms with E-state index in [0.717, 1.165) is 27.4 Å². The number of benzene rings is 1. The van der Waals surface area contributed by atoms with Gasteiger partial charge in [-0.15, -0.1) is 0 Å². The van der Waals surface area contributed by atoms with E-state index in [1.807, 2.05) is 44.2 Å². The van der Waals surface area contributed by atoms with E-state index >= 15 is 0 Å². The smallest absolute Gasteiger partial charge is 0.169 e. The van der Waals surface area contributed by atoms with Gasteiger partial charge in [-0.25, -0.2) is 0 Å². The molecule has 0 saturated carbocycles. The van der Waals surface area contributed by atoms with Gasteiger partial charge < -0.3 is 14.5 Å². The van der Waals surface area contributed by atoms with Crippen molar-refractivity contribution in [1.29, 1.82) is 0 Å². The fourth-order valence-corrected chi connectivity index (χ4v) is 2.15. The first-order chi connectivity index (χ1) is 9.04. The Morgan fingerprint density at radius 3 is 2.63 bits per heavy atom. The fourth-order valence-electron chi connectivity index (χ4n) is 1.81. The third kappa shape index (κ3) is 4.03. The molecule has 0 unspecified atom stereocenters. The zero-order valence-corrected chi connectivity index (χ0v) is 13.0. The highest BCUT2D eigenvalue weighted by Gasteiger charge is 2.04. The maximum Gasteiger partial charge on any atom is 0.169 e. The molecule has 1 N–H and O–H groups in total. The van der Waals surface area contributed by atoms with Crippen molar-refractivity contribution in [1.82, 2.24) is 0 Å². The van der Waals surface area contributed by atoms with Crippen LogP contribution in [0.5, 0.6) is 5.75 Å². The van der Waals surface area contributed by atoms with Gasteiger partial charge in [-0.1, -0.05) is 0 Å². The molecule has 2 aromatic rings. The van der Waals surface area contributed by atoms with Gasteiger partial charge >= 0.3 is 0 Å². The molecule has 0 bridgehead atoms. The van der Waals surface area contributed by atoms with Crippen molar-refractivity contribution in [3.05, 3.63) is 46.3 Å². The summed E-state index contributed by atoms with van der Waals surface area (Å²) in [5.74, 6) is 1.80. The number of furan rings is 1. The van der Waals surface area contributed by atoms with Crippen LogP contribution in [0.1, 0.15) is 25.2 Å². The standard InChI is InChI=1S/C15H18BrNO2/c1-10(2)18-12-4-6-14(11(3)8-12)17-9-13-5-7-15(16)19-13/h4-8,10,17H,9H2,1-3H3. The molecule has 1 aromatic carbocycles. The summed E-state index contributed by atoms with van der Waals surface area (Å²) in [6.07, 6.45) is 0.193. The topological polar surface area (TPSA) is 34.4 Å². The molecule has 0 aliphatic heterocycles. The van der Waals surface area contributed by atoms with Gasteiger partial charge in [0.15, 0.2) is 4.67 Å². The molecule has 4 heteroatoms. The Morgan fingerprint density at radius 2 is 2.05 bits per heavy atom. The predicted octanol–water partition coefficient (Wildman–Crippen LogP) is 4.75. The summed E-state index contributed by atoms with van der Waals surface area (Å²) in [6.45, 7) is 6.77. The van der Waals surface area contributed by atoms with Crippen LogP contribution in [0.3, 0.4) is 0 Å². The van der Waals surface area contributed by atoms with E-state index < -0.39 is 0 Å². The third-order valence-electron chi connectivity index (χ3n) is 2.65. The summed E-state index contributed by atoms with van der Waals surface area (Å²) < 4.78 is 11.9. The Balaban J connectivity index is 2.00. The van der Waals surface area contributed by atoms with E-state index in [0.29, 0.717) is 6.54 Å². The Kier molecular flexibility index (Phi) is 4.53. The van der Waals surface area contributed by atoms with Crippen molar-refractivity contribution in [2.45, 2.75) is 33.4 Å². The predicted molar refractivity (Wildman–Crippen MR) is 80.7 cm³/mol. The Bertz CT molecular complexity index is 549. The molecule has 0 spiro atoms.